The molecule has 3 heterocycles. The predicted molar refractivity (Wildman–Crippen MR) is 113 cm³/mol. The van der Waals surface area contributed by atoms with Crippen molar-refractivity contribution in [1.82, 2.24) is 10.2 Å². The lowest BCUT2D eigenvalue weighted by Crippen LogP contribution is -2.38. The van der Waals surface area contributed by atoms with E-state index in [1.165, 1.54) is 34.4 Å². The van der Waals surface area contributed by atoms with Crippen molar-refractivity contribution in [3.05, 3.63) is 57.7 Å². The van der Waals surface area contributed by atoms with Gasteiger partial charge in [0, 0.05) is 28.3 Å². The summed E-state index contributed by atoms with van der Waals surface area (Å²) in [4.78, 5) is 15.7. The van der Waals surface area contributed by atoms with Crippen molar-refractivity contribution in [1.29, 1.82) is 5.26 Å². The lowest BCUT2D eigenvalue weighted by atomic mass is 9.78. The molecule has 6 nitrogen and oxygen atoms in total. The van der Waals surface area contributed by atoms with Gasteiger partial charge in [0.1, 0.15) is 5.82 Å². The number of nitrogens with two attached hydrogens (primary N) is 1. The molecule has 0 bridgehead atoms. The number of aromatic nitrogens is 2. The molecule has 0 radical (unpaired) electrons. The van der Waals surface area contributed by atoms with Gasteiger partial charge in [-0.2, -0.15) is 5.26 Å². The first-order valence-electron chi connectivity index (χ1n) is 8.72. The Balaban J connectivity index is 1.86. The Morgan fingerprint density at radius 1 is 1.46 bits per heavy atom. The fourth-order valence-corrected chi connectivity index (χ4v) is 6.01. The second kappa shape index (κ2) is 7.91. The van der Waals surface area contributed by atoms with Gasteiger partial charge in [0.25, 0.3) is 0 Å². The Morgan fingerprint density at radius 2 is 2.32 bits per heavy atom. The van der Waals surface area contributed by atoms with Crippen molar-refractivity contribution in [3.8, 4) is 6.07 Å². The van der Waals surface area contributed by atoms with Crippen molar-refractivity contribution >= 4 is 45.4 Å². The molecule has 142 valence electrons. The highest BCUT2D eigenvalue weighted by molar-refractivity contribution is 8.01. The van der Waals surface area contributed by atoms with E-state index < -0.39 is 5.92 Å². The Morgan fingerprint density at radius 3 is 3.04 bits per heavy atom. The minimum atomic E-state index is -0.397. The second-order valence-corrected chi connectivity index (χ2v) is 9.48. The molecule has 4 rings (SSSR count). The summed E-state index contributed by atoms with van der Waals surface area (Å²) in [5.41, 5.74) is 8.40. The summed E-state index contributed by atoms with van der Waals surface area (Å²) in [5, 5.41) is 20.9. The number of hydrogen-bond acceptors (Lipinski definition) is 9. The number of thiophene rings is 1. The van der Waals surface area contributed by atoms with Crippen LogP contribution < -0.4 is 10.6 Å². The minimum absolute atomic E-state index is 0.0793. The second-order valence-electron chi connectivity index (χ2n) is 6.28. The topological polar surface area (TPSA) is 95.9 Å². The average molecular weight is 428 g/mol. The van der Waals surface area contributed by atoms with Crippen molar-refractivity contribution in [2.24, 2.45) is 5.73 Å². The summed E-state index contributed by atoms with van der Waals surface area (Å²) in [6.45, 7) is 3.72. The number of rotatable bonds is 5. The molecule has 0 spiro atoms. The molecule has 2 aliphatic rings. The molecule has 28 heavy (non-hydrogen) atoms. The van der Waals surface area contributed by atoms with Crippen LogP contribution in [0, 0.1) is 11.3 Å². The van der Waals surface area contributed by atoms with E-state index in [1.807, 2.05) is 17.5 Å². The Bertz CT molecular complexity index is 1030. The van der Waals surface area contributed by atoms with Crippen LogP contribution in [-0.4, -0.2) is 21.7 Å². The van der Waals surface area contributed by atoms with Gasteiger partial charge >= 0.3 is 0 Å². The number of hydrogen-bond donors (Lipinski definition) is 1. The van der Waals surface area contributed by atoms with Gasteiger partial charge < -0.3 is 5.73 Å². The summed E-state index contributed by atoms with van der Waals surface area (Å²) in [7, 11) is 0. The lowest BCUT2D eigenvalue weighted by Gasteiger charge is -2.37. The van der Waals surface area contributed by atoms with E-state index in [0.717, 1.165) is 33.5 Å². The van der Waals surface area contributed by atoms with E-state index in [1.54, 1.807) is 11.0 Å². The number of Topliss-reactive ketones (excluding diaryl/α,β-unsaturated/α-hetero) is 1. The Hall–Kier alpha value is -2.41. The van der Waals surface area contributed by atoms with Crippen LogP contribution in [0.1, 0.15) is 30.1 Å². The van der Waals surface area contributed by atoms with Crippen LogP contribution in [0.25, 0.3) is 0 Å². The minimum Gasteiger partial charge on any atom is -0.384 e. The SMILES string of the molecule is C=CCSc1nnc(N2C(N)=C(C#N)C(c3cccs3)C3=C2CCCC3=O)s1. The molecule has 0 saturated carbocycles. The molecular weight excluding hydrogens is 410 g/mol. The quantitative estimate of drug-likeness (QED) is 0.565. The zero-order valence-electron chi connectivity index (χ0n) is 14.9. The van der Waals surface area contributed by atoms with Crippen molar-refractivity contribution in [2.75, 3.05) is 10.7 Å². The van der Waals surface area contributed by atoms with Crippen LogP contribution in [0.2, 0.25) is 0 Å². The number of carbonyl (C=O) groups is 1. The van der Waals surface area contributed by atoms with E-state index in [4.69, 9.17) is 5.73 Å². The molecule has 0 fully saturated rings. The number of ketones is 1. The molecule has 1 aliphatic heterocycles. The van der Waals surface area contributed by atoms with Crippen LogP contribution in [0.4, 0.5) is 5.13 Å². The third-order valence-corrected chi connectivity index (χ3v) is 7.63. The number of nitrogens with zero attached hydrogens (tertiary/aromatic N) is 4. The highest BCUT2D eigenvalue weighted by Gasteiger charge is 2.41. The van der Waals surface area contributed by atoms with Gasteiger partial charge in [-0.05, 0) is 24.3 Å². The number of carbonyl (C=O) groups excluding carboxylic acids is 1. The van der Waals surface area contributed by atoms with E-state index >= 15 is 0 Å². The fraction of sp³-hybridized carbons (Fsp3) is 0.263. The van der Waals surface area contributed by atoms with E-state index in [9.17, 15) is 10.1 Å². The standard InChI is InChI=1S/C19H17N5OS3/c1-2-8-27-19-23-22-18(28-19)24-12-5-3-6-13(25)16(12)15(11(10-20)17(24)21)14-7-4-9-26-14/h2,4,7,9,15H,1,3,5-6,8,21H2. The van der Waals surface area contributed by atoms with Gasteiger partial charge in [0.05, 0.1) is 17.6 Å². The number of allylic oxidation sites excluding steroid dienone is 3. The van der Waals surface area contributed by atoms with Crippen LogP contribution in [-0.2, 0) is 4.79 Å². The molecule has 2 aromatic rings. The number of nitriles is 1. The largest absolute Gasteiger partial charge is 0.384 e. The highest BCUT2D eigenvalue weighted by atomic mass is 32.2. The molecule has 0 saturated heterocycles. The van der Waals surface area contributed by atoms with E-state index in [2.05, 4.69) is 22.8 Å². The van der Waals surface area contributed by atoms with E-state index in [-0.39, 0.29) is 5.78 Å². The molecule has 1 atom stereocenters. The van der Waals surface area contributed by atoms with Crippen molar-refractivity contribution in [2.45, 2.75) is 29.5 Å². The lowest BCUT2D eigenvalue weighted by molar-refractivity contribution is -0.116. The molecule has 1 aliphatic carbocycles. The van der Waals surface area contributed by atoms with Gasteiger partial charge in [-0.15, -0.1) is 28.1 Å². The summed E-state index contributed by atoms with van der Waals surface area (Å²) >= 11 is 4.48. The van der Waals surface area contributed by atoms with Gasteiger partial charge in [-0.3, -0.25) is 9.69 Å². The van der Waals surface area contributed by atoms with Gasteiger partial charge in [-0.25, -0.2) is 0 Å². The average Bonchev–Trinajstić information content (AvgIpc) is 3.38. The van der Waals surface area contributed by atoms with Gasteiger partial charge in [0.2, 0.25) is 5.13 Å². The van der Waals surface area contributed by atoms with Crippen molar-refractivity contribution < 1.29 is 4.79 Å². The van der Waals surface area contributed by atoms with Crippen LogP contribution in [0.5, 0.6) is 0 Å². The third-order valence-electron chi connectivity index (χ3n) is 4.65. The normalized spacial score (nSPS) is 19.6. The third kappa shape index (κ3) is 3.17. The highest BCUT2D eigenvalue weighted by Crippen LogP contribution is 2.47. The summed E-state index contributed by atoms with van der Waals surface area (Å²) < 4.78 is 0.797. The Kier molecular flexibility index (Phi) is 5.35. The monoisotopic (exact) mass is 427 g/mol. The maximum Gasteiger partial charge on any atom is 0.219 e. The molecule has 9 heteroatoms. The maximum absolute atomic E-state index is 12.9. The first-order valence-corrected chi connectivity index (χ1v) is 11.4. The zero-order valence-corrected chi connectivity index (χ0v) is 17.4. The summed E-state index contributed by atoms with van der Waals surface area (Å²) in [6.07, 6.45) is 3.78. The number of thioether (sulfide) groups is 1. The first-order chi connectivity index (χ1) is 13.7. The molecular formula is C19H17N5OS3. The molecule has 1 unspecified atom stereocenters. The van der Waals surface area contributed by atoms with Gasteiger partial charge in [-0.1, -0.05) is 35.2 Å². The summed E-state index contributed by atoms with van der Waals surface area (Å²) in [5.74, 6) is 0.754. The zero-order chi connectivity index (χ0) is 19.7. The Labute approximate surface area is 175 Å². The molecule has 2 aromatic heterocycles. The predicted octanol–water partition coefficient (Wildman–Crippen LogP) is 4.18. The summed E-state index contributed by atoms with van der Waals surface area (Å²) in [6, 6.07) is 6.14. The smallest absolute Gasteiger partial charge is 0.219 e. The van der Waals surface area contributed by atoms with Crippen LogP contribution in [0.3, 0.4) is 0 Å². The maximum atomic E-state index is 12.9. The molecule has 2 N–H and O–H groups in total. The van der Waals surface area contributed by atoms with Gasteiger partial charge in [0.15, 0.2) is 10.1 Å². The molecule has 0 amide bonds. The number of anilines is 1. The van der Waals surface area contributed by atoms with Crippen LogP contribution >= 0.6 is 34.4 Å². The van der Waals surface area contributed by atoms with E-state index in [0.29, 0.717) is 28.5 Å². The first kappa shape index (κ1) is 18.9. The fourth-order valence-electron chi connectivity index (χ4n) is 3.53. The van der Waals surface area contributed by atoms with Crippen molar-refractivity contribution in [3.63, 3.8) is 0 Å². The van der Waals surface area contributed by atoms with Crippen LogP contribution in [0.15, 0.2) is 57.2 Å². The molecule has 0 aromatic carbocycles.